The maximum Gasteiger partial charge on any atom is 0.181 e. The number of nitrogen functional groups attached to an aromatic ring is 1. The summed E-state index contributed by atoms with van der Waals surface area (Å²) in [5, 5.41) is 0. The highest BCUT2D eigenvalue weighted by molar-refractivity contribution is 7.91. The summed E-state index contributed by atoms with van der Waals surface area (Å²) in [5.41, 5.74) is 6.20. The van der Waals surface area contributed by atoms with E-state index < -0.39 is 9.84 Å². The Morgan fingerprint density at radius 3 is 2.10 bits per heavy atom. The number of benzene rings is 2. The third-order valence-electron chi connectivity index (χ3n) is 2.92. The van der Waals surface area contributed by atoms with Crippen molar-refractivity contribution in [3.05, 3.63) is 48.5 Å². The van der Waals surface area contributed by atoms with Crippen molar-refractivity contribution in [2.45, 2.75) is 4.90 Å². The third-order valence-corrected chi connectivity index (χ3v) is 4.61. The summed E-state index contributed by atoms with van der Waals surface area (Å²) in [6.45, 7) is 0.0816. The van der Waals surface area contributed by atoms with E-state index >= 15 is 0 Å². The van der Waals surface area contributed by atoms with Gasteiger partial charge in [-0.1, -0.05) is 0 Å². The van der Waals surface area contributed by atoms with E-state index in [4.69, 9.17) is 15.2 Å². The molecule has 2 aromatic rings. The molecule has 0 unspecified atom stereocenters. The fraction of sp³-hybridized carbons (Fsp3) is 0.200. The molecule has 0 atom stereocenters. The Morgan fingerprint density at radius 2 is 1.52 bits per heavy atom. The molecular weight excluding hydrogens is 290 g/mol. The van der Waals surface area contributed by atoms with Crippen LogP contribution in [-0.4, -0.2) is 27.9 Å². The van der Waals surface area contributed by atoms with Gasteiger partial charge < -0.3 is 15.2 Å². The van der Waals surface area contributed by atoms with Crippen LogP contribution in [0.25, 0.3) is 0 Å². The molecule has 2 rings (SSSR count). The Hall–Kier alpha value is -2.21. The number of hydrogen-bond donors (Lipinski definition) is 1. The first-order valence-electron chi connectivity index (χ1n) is 6.36. The molecule has 0 aromatic heterocycles. The van der Waals surface area contributed by atoms with E-state index in [1.165, 1.54) is 19.2 Å². The first-order chi connectivity index (χ1) is 10.0. The quantitative estimate of drug-likeness (QED) is 0.827. The summed E-state index contributed by atoms with van der Waals surface area (Å²) in [6, 6.07) is 13.1. The van der Waals surface area contributed by atoms with Crippen molar-refractivity contribution in [1.82, 2.24) is 0 Å². The summed E-state index contributed by atoms with van der Waals surface area (Å²) in [6.07, 6.45) is 0. The van der Waals surface area contributed by atoms with Gasteiger partial charge in [-0.3, -0.25) is 0 Å². The second-order valence-electron chi connectivity index (χ2n) is 4.41. The molecule has 112 valence electrons. The summed E-state index contributed by atoms with van der Waals surface area (Å²) in [4.78, 5) is 0.254. The standard InChI is InChI=1S/C15H17NO4S/c1-19-13-6-8-15(9-7-13)21(17,18)11-10-20-14-4-2-12(16)3-5-14/h2-9H,10-11,16H2,1H3. The average molecular weight is 307 g/mol. The van der Waals surface area contributed by atoms with Gasteiger partial charge in [-0.25, -0.2) is 8.42 Å². The summed E-state index contributed by atoms with van der Waals surface area (Å²) >= 11 is 0. The number of anilines is 1. The molecule has 0 aliphatic heterocycles. The third kappa shape index (κ3) is 4.13. The molecule has 0 heterocycles. The molecule has 0 radical (unpaired) electrons. The van der Waals surface area contributed by atoms with Gasteiger partial charge >= 0.3 is 0 Å². The van der Waals surface area contributed by atoms with Crippen molar-refractivity contribution >= 4 is 15.5 Å². The minimum absolute atomic E-state index is 0.0816. The van der Waals surface area contributed by atoms with Crippen molar-refractivity contribution < 1.29 is 17.9 Å². The second-order valence-corrected chi connectivity index (χ2v) is 6.52. The van der Waals surface area contributed by atoms with Gasteiger partial charge in [0.15, 0.2) is 9.84 Å². The second kappa shape index (κ2) is 6.49. The highest BCUT2D eigenvalue weighted by Crippen LogP contribution is 2.17. The zero-order valence-electron chi connectivity index (χ0n) is 11.7. The van der Waals surface area contributed by atoms with Crippen LogP contribution in [0.2, 0.25) is 0 Å². The van der Waals surface area contributed by atoms with Crippen molar-refractivity contribution in [3.63, 3.8) is 0 Å². The first-order valence-corrected chi connectivity index (χ1v) is 8.01. The predicted molar refractivity (Wildman–Crippen MR) is 81.4 cm³/mol. The molecule has 2 N–H and O–H groups in total. The smallest absolute Gasteiger partial charge is 0.181 e. The van der Waals surface area contributed by atoms with Gasteiger partial charge in [0, 0.05) is 5.69 Å². The number of methoxy groups -OCH3 is 1. The Morgan fingerprint density at radius 1 is 0.952 bits per heavy atom. The zero-order valence-corrected chi connectivity index (χ0v) is 12.5. The Balaban J connectivity index is 1.95. The largest absolute Gasteiger partial charge is 0.497 e. The van der Waals surface area contributed by atoms with E-state index in [1.807, 2.05) is 0 Å². The molecule has 0 saturated carbocycles. The number of nitrogens with two attached hydrogens (primary N) is 1. The van der Waals surface area contributed by atoms with Gasteiger partial charge in [0.25, 0.3) is 0 Å². The Labute approximate surface area is 124 Å². The topological polar surface area (TPSA) is 78.6 Å². The molecule has 0 bridgehead atoms. The van der Waals surface area contributed by atoms with E-state index in [0.29, 0.717) is 17.2 Å². The molecule has 6 heteroatoms. The van der Waals surface area contributed by atoms with Gasteiger partial charge in [0.1, 0.15) is 18.1 Å². The van der Waals surface area contributed by atoms with Crippen LogP contribution in [0.5, 0.6) is 11.5 Å². The lowest BCUT2D eigenvalue weighted by atomic mass is 10.3. The van der Waals surface area contributed by atoms with Crippen LogP contribution in [0.1, 0.15) is 0 Å². The van der Waals surface area contributed by atoms with Crippen LogP contribution >= 0.6 is 0 Å². The molecule has 0 saturated heterocycles. The highest BCUT2D eigenvalue weighted by Gasteiger charge is 2.14. The molecule has 0 fully saturated rings. The molecule has 0 spiro atoms. The fourth-order valence-electron chi connectivity index (χ4n) is 1.73. The molecule has 5 nitrogen and oxygen atoms in total. The van der Waals surface area contributed by atoms with E-state index in [2.05, 4.69) is 0 Å². The molecule has 0 aliphatic carbocycles. The molecule has 2 aromatic carbocycles. The summed E-state index contributed by atoms with van der Waals surface area (Å²) in [7, 11) is -1.84. The number of ether oxygens (including phenoxy) is 2. The van der Waals surface area contributed by atoms with E-state index in [9.17, 15) is 8.42 Å². The first kappa shape index (κ1) is 15.2. The van der Waals surface area contributed by atoms with Crippen LogP contribution in [0.4, 0.5) is 5.69 Å². The van der Waals surface area contributed by atoms with E-state index in [1.54, 1.807) is 36.4 Å². The van der Waals surface area contributed by atoms with Crippen LogP contribution in [0.15, 0.2) is 53.4 Å². The van der Waals surface area contributed by atoms with Crippen LogP contribution in [-0.2, 0) is 9.84 Å². The zero-order chi connectivity index (χ0) is 15.3. The van der Waals surface area contributed by atoms with Gasteiger partial charge in [-0.15, -0.1) is 0 Å². The monoisotopic (exact) mass is 307 g/mol. The average Bonchev–Trinajstić information content (AvgIpc) is 2.49. The van der Waals surface area contributed by atoms with Crippen molar-refractivity contribution in [2.24, 2.45) is 0 Å². The fourth-order valence-corrected chi connectivity index (χ4v) is 2.82. The Bertz CT molecular complexity index is 679. The van der Waals surface area contributed by atoms with Gasteiger partial charge in [0.2, 0.25) is 0 Å². The van der Waals surface area contributed by atoms with Crippen molar-refractivity contribution in [3.8, 4) is 11.5 Å². The highest BCUT2D eigenvalue weighted by atomic mass is 32.2. The lowest BCUT2D eigenvalue weighted by Gasteiger charge is -2.08. The van der Waals surface area contributed by atoms with Crippen LogP contribution in [0.3, 0.4) is 0 Å². The van der Waals surface area contributed by atoms with Crippen LogP contribution < -0.4 is 15.2 Å². The normalized spacial score (nSPS) is 11.1. The molecule has 0 amide bonds. The molecular formula is C15H17NO4S. The van der Waals surface area contributed by atoms with E-state index in [0.717, 1.165) is 0 Å². The van der Waals surface area contributed by atoms with E-state index in [-0.39, 0.29) is 17.3 Å². The minimum atomic E-state index is -3.37. The molecule has 21 heavy (non-hydrogen) atoms. The predicted octanol–water partition coefficient (Wildman–Crippen LogP) is 2.13. The van der Waals surface area contributed by atoms with Gasteiger partial charge in [-0.2, -0.15) is 0 Å². The maximum atomic E-state index is 12.1. The number of rotatable bonds is 6. The lowest BCUT2D eigenvalue weighted by molar-refractivity contribution is 0.341. The SMILES string of the molecule is COc1ccc(S(=O)(=O)CCOc2ccc(N)cc2)cc1. The number of hydrogen-bond acceptors (Lipinski definition) is 5. The summed E-state index contributed by atoms with van der Waals surface area (Å²) < 4.78 is 34.7. The van der Waals surface area contributed by atoms with Crippen molar-refractivity contribution in [1.29, 1.82) is 0 Å². The molecule has 0 aliphatic rings. The lowest BCUT2D eigenvalue weighted by Crippen LogP contribution is -2.14. The van der Waals surface area contributed by atoms with Crippen molar-refractivity contribution in [2.75, 3.05) is 25.2 Å². The van der Waals surface area contributed by atoms with Crippen LogP contribution in [0, 0.1) is 0 Å². The Kier molecular flexibility index (Phi) is 4.70. The summed E-state index contributed by atoms with van der Waals surface area (Å²) in [5.74, 6) is 1.12. The maximum absolute atomic E-state index is 12.1. The minimum Gasteiger partial charge on any atom is -0.497 e. The van der Waals surface area contributed by atoms with Gasteiger partial charge in [0.05, 0.1) is 17.8 Å². The number of sulfone groups is 1. The van der Waals surface area contributed by atoms with Gasteiger partial charge in [-0.05, 0) is 48.5 Å².